The van der Waals surface area contributed by atoms with E-state index in [4.69, 9.17) is 0 Å². The van der Waals surface area contributed by atoms with E-state index in [1.165, 1.54) is 18.2 Å². The van der Waals surface area contributed by atoms with E-state index in [-0.39, 0.29) is 28.3 Å². The second-order valence-corrected chi connectivity index (χ2v) is 10.2. The Bertz CT molecular complexity index is 1390. The molecule has 3 heterocycles. The van der Waals surface area contributed by atoms with E-state index in [1.807, 2.05) is 23.1 Å². The van der Waals surface area contributed by atoms with Crippen LogP contribution in [0.25, 0.3) is 0 Å². The number of nitrogens with zero attached hydrogens (tertiary/aromatic N) is 2. The predicted octanol–water partition coefficient (Wildman–Crippen LogP) is 3.05. The highest BCUT2D eigenvalue weighted by atomic mass is 32.2. The third kappa shape index (κ3) is 4.04. The molecule has 0 saturated carbocycles. The van der Waals surface area contributed by atoms with Gasteiger partial charge in [0.25, 0.3) is 21.5 Å². The van der Waals surface area contributed by atoms with E-state index < -0.39 is 21.4 Å². The summed E-state index contributed by atoms with van der Waals surface area (Å²) in [7, 11) is -4.11. The minimum Gasteiger partial charge on any atom is -0.338 e. The largest absolute Gasteiger partial charge is 0.338 e. The fraction of sp³-hybridized carbons (Fsp3) is 0.250. The van der Waals surface area contributed by atoms with Crippen LogP contribution in [0.1, 0.15) is 28.4 Å². The maximum absolute atomic E-state index is 13.5. The number of benzene rings is 2. The van der Waals surface area contributed by atoms with E-state index in [0.717, 1.165) is 24.2 Å². The molecule has 5 rings (SSSR count). The minimum atomic E-state index is -4.11. The molecule has 2 aliphatic rings. The number of pyridine rings is 1. The van der Waals surface area contributed by atoms with Gasteiger partial charge < -0.3 is 9.47 Å². The molecule has 0 spiro atoms. The molecule has 2 unspecified atom stereocenters. The quantitative estimate of drug-likeness (QED) is 0.639. The molecule has 1 amide bonds. The Balaban J connectivity index is 1.41. The van der Waals surface area contributed by atoms with Crippen LogP contribution in [-0.4, -0.2) is 36.9 Å². The smallest absolute Gasteiger partial charge is 0.275 e. The first-order valence-corrected chi connectivity index (χ1v) is 12.2. The lowest BCUT2D eigenvalue weighted by Gasteiger charge is -2.43. The van der Waals surface area contributed by atoms with Gasteiger partial charge in [-0.2, -0.15) is 0 Å². The monoisotopic (exact) mass is 467 g/mol. The Morgan fingerprint density at radius 3 is 2.52 bits per heavy atom. The van der Waals surface area contributed by atoms with Gasteiger partial charge in [0.15, 0.2) is 0 Å². The Labute approximate surface area is 190 Å². The molecule has 170 valence electrons. The van der Waals surface area contributed by atoms with Gasteiger partial charge in [-0.15, -0.1) is 0 Å². The molecule has 1 N–H and O–H groups in total. The van der Waals surface area contributed by atoms with Crippen LogP contribution in [0.4, 0.5) is 10.1 Å². The highest BCUT2D eigenvalue weighted by Gasteiger charge is 2.37. The summed E-state index contributed by atoms with van der Waals surface area (Å²) < 4.78 is 42.7. The van der Waals surface area contributed by atoms with Crippen molar-refractivity contribution in [1.82, 2.24) is 9.47 Å². The fourth-order valence-electron chi connectivity index (χ4n) is 4.79. The summed E-state index contributed by atoms with van der Waals surface area (Å²) in [5.74, 6) is -0.619. The van der Waals surface area contributed by atoms with Crippen LogP contribution in [0.3, 0.4) is 0 Å². The number of likely N-dealkylation sites (tertiary alicyclic amines) is 1. The standard InChI is InChI=1S/C24H22FN3O4S/c25-19-7-4-8-20(12-19)33(31,32)26-21-9-10-22-18-11-16(14-28(22)24(21)30)13-27(15-18)23(29)17-5-2-1-3-6-17/h1-10,12,16,18,26H,11,13-15H2. The van der Waals surface area contributed by atoms with Gasteiger partial charge in [0, 0.05) is 36.8 Å². The number of amides is 1. The molecule has 2 aliphatic heterocycles. The molecule has 0 radical (unpaired) electrons. The van der Waals surface area contributed by atoms with Crippen LogP contribution in [-0.2, 0) is 16.6 Å². The number of rotatable bonds is 4. The van der Waals surface area contributed by atoms with Crippen LogP contribution in [0, 0.1) is 11.7 Å². The number of halogens is 1. The molecule has 9 heteroatoms. The molecule has 1 saturated heterocycles. The zero-order chi connectivity index (χ0) is 23.2. The number of aromatic nitrogens is 1. The summed E-state index contributed by atoms with van der Waals surface area (Å²) in [6.07, 6.45) is 0.867. The van der Waals surface area contributed by atoms with Crippen molar-refractivity contribution in [2.75, 3.05) is 17.8 Å². The minimum absolute atomic E-state index is 0.00765. The maximum Gasteiger partial charge on any atom is 0.275 e. The van der Waals surface area contributed by atoms with E-state index in [9.17, 15) is 22.4 Å². The number of carbonyl (C=O) groups is 1. The highest BCUT2D eigenvalue weighted by molar-refractivity contribution is 7.92. The van der Waals surface area contributed by atoms with Crippen molar-refractivity contribution in [2.45, 2.75) is 23.8 Å². The summed E-state index contributed by atoms with van der Waals surface area (Å²) in [6.45, 7) is 1.44. The molecule has 2 bridgehead atoms. The first-order valence-electron chi connectivity index (χ1n) is 10.7. The first-order chi connectivity index (χ1) is 15.8. The molecular formula is C24H22FN3O4S. The summed E-state index contributed by atoms with van der Waals surface area (Å²) >= 11 is 0. The molecule has 3 aromatic rings. The zero-order valence-electron chi connectivity index (χ0n) is 17.6. The third-order valence-corrected chi connectivity index (χ3v) is 7.63. The van der Waals surface area contributed by atoms with Crippen molar-refractivity contribution in [3.8, 4) is 0 Å². The van der Waals surface area contributed by atoms with Crippen LogP contribution in [0.2, 0.25) is 0 Å². The van der Waals surface area contributed by atoms with E-state index in [0.29, 0.717) is 25.2 Å². The molecule has 1 fully saturated rings. The molecule has 33 heavy (non-hydrogen) atoms. The third-order valence-electron chi connectivity index (χ3n) is 6.26. The molecular weight excluding hydrogens is 445 g/mol. The van der Waals surface area contributed by atoms with Gasteiger partial charge in [0.05, 0.1) is 4.90 Å². The van der Waals surface area contributed by atoms with Gasteiger partial charge in [0.2, 0.25) is 0 Å². The topological polar surface area (TPSA) is 88.5 Å². The lowest BCUT2D eigenvalue weighted by atomic mass is 9.83. The Morgan fingerprint density at radius 2 is 1.76 bits per heavy atom. The number of hydrogen-bond acceptors (Lipinski definition) is 4. The van der Waals surface area contributed by atoms with Crippen LogP contribution >= 0.6 is 0 Å². The SMILES string of the molecule is O=C(c1ccccc1)N1CC2CC(C1)c1ccc(NS(=O)(=O)c3cccc(F)c3)c(=O)n1C2. The number of hydrogen-bond donors (Lipinski definition) is 1. The number of fused-ring (bicyclic) bond motifs is 4. The van der Waals surface area contributed by atoms with Gasteiger partial charge in [-0.05, 0) is 54.8 Å². The molecule has 1 aromatic heterocycles. The van der Waals surface area contributed by atoms with Gasteiger partial charge >= 0.3 is 0 Å². The lowest BCUT2D eigenvalue weighted by Crippen LogP contribution is -2.49. The molecule has 2 atom stereocenters. The van der Waals surface area contributed by atoms with Crippen LogP contribution in [0.5, 0.6) is 0 Å². The number of anilines is 1. The van der Waals surface area contributed by atoms with Crippen molar-refractivity contribution >= 4 is 21.6 Å². The summed E-state index contributed by atoms with van der Waals surface area (Å²) in [4.78, 5) is 27.7. The van der Waals surface area contributed by atoms with Crippen molar-refractivity contribution in [3.05, 3.63) is 94.2 Å². The summed E-state index contributed by atoms with van der Waals surface area (Å²) in [5.41, 5.74) is 0.901. The van der Waals surface area contributed by atoms with Crippen LogP contribution in [0.15, 0.2) is 76.4 Å². The number of carbonyl (C=O) groups excluding carboxylic acids is 1. The second kappa shape index (κ2) is 8.15. The molecule has 2 aromatic carbocycles. The van der Waals surface area contributed by atoms with Crippen molar-refractivity contribution in [2.24, 2.45) is 5.92 Å². The van der Waals surface area contributed by atoms with Crippen molar-refractivity contribution < 1.29 is 17.6 Å². The molecule has 0 aliphatic carbocycles. The van der Waals surface area contributed by atoms with Gasteiger partial charge in [-0.25, -0.2) is 12.8 Å². The van der Waals surface area contributed by atoms with Gasteiger partial charge in [0.1, 0.15) is 11.5 Å². The fourth-order valence-corrected chi connectivity index (χ4v) is 5.88. The Hall–Kier alpha value is -3.46. The molecule has 7 nitrogen and oxygen atoms in total. The van der Waals surface area contributed by atoms with Gasteiger partial charge in [-0.1, -0.05) is 24.3 Å². The van der Waals surface area contributed by atoms with Crippen molar-refractivity contribution in [3.63, 3.8) is 0 Å². The number of piperidine rings is 1. The van der Waals surface area contributed by atoms with Gasteiger partial charge in [-0.3, -0.25) is 14.3 Å². The predicted molar refractivity (Wildman–Crippen MR) is 121 cm³/mol. The maximum atomic E-state index is 13.5. The number of nitrogens with one attached hydrogen (secondary N) is 1. The summed E-state index contributed by atoms with van der Waals surface area (Å²) in [5, 5.41) is 0. The first kappa shape index (κ1) is 21.4. The average molecular weight is 468 g/mol. The summed E-state index contributed by atoms with van der Waals surface area (Å²) in [6, 6.07) is 16.9. The van der Waals surface area contributed by atoms with E-state index in [2.05, 4.69) is 4.72 Å². The Morgan fingerprint density at radius 1 is 0.970 bits per heavy atom. The number of sulfonamides is 1. The van der Waals surface area contributed by atoms with Crippen molar-refractivity contribution in [1.29, 1.82) is 0 Å². The second-order valence-electron chi connectivity index (χ2n) is 8.53. The normalized spacial score (nSPS) is 19.6. The Kier molecular flexibility index (Phi) is 5.28. The average Bonchev–Trinajstić information content (AvgIpc) is 2.81. The zero-order valence-corrected chi connectivity index (χ0v) is 18.5. The lowest BCUT2D eigenvalue weighted by molar-refractivity contribution is 0.0594. The van der Waals surface area contributed by atoms with E-state index in [1.54, 1.807) is 22.8 Å². The van der Waals surface area contributed by atoms with E-state index >= 15 is 0 Å². The van der Waals surface area contributed by atoms with Crippen LogP contribution < -0.4 is 10.3 Å². The highest BCUT2D eigenvalue weighted by Crippen LogP contribution is 2.36.